The van der Waals surface area contributed by atoms with Crippen molar-refractivity contribution in [2.24, 2.45) is 0 Å². The highest BCUT2D eigenvalue weighted by atomic mass is 19.4. The van der Waals surface area contributed by atoms with Crippen LogP contribution in [0.1, 0.15) is 31.3 Å². The number of aliphatic hydroxyl groups is 1. The molecule has 0 atom stereocenters. The Morgan fingerprint density at radius 2 is 2.12 bits per heavy atom. The van der Waals surface area contributed by atoms with E-state index in [1.807, 2.05) is 0 Å². The third kappa shape index (κ3) is 3.59. The van der Waals surface area contributed by atoms with Gasteiger partial charge in [0.15, 0.2) is 0 Å². The zero-order valence-corrected chi connectivity index (χ0v) is 13.1. The molecule has 0 bridgehead atoms. The zero-order chi connectivity index (χ0) is 17.3. The van der Waals surface area contributed by atoms with Crippen molar-refractivity contribution >= 4 is 5.78 Å². The van der Waals surface area contributed by atoms with Crippen LogP contribution in [0, 0.1) is 0 Å². The van der Waals surface area contributed by atoms with Gasteiger partial charge in [0.25, 0.3) is 11.6 Å². The molecule has 3 rings (SSSR count). The van der Waals surface area contributed by atoms with Gasteiger partial charge in [0.2, 0.25) is 5.88 Å². The van der Waals surface area contributed by atoms with Gasteiger partial charge in [-0.3, -0.25) is 4.90 Å². The molecule has 1 aliphatic rings. The largest absolute Gasteiger partial charge is 0.478 e. The molecule has 2 aromatic rings. The Bertz CT molecular complexity index is 714. The highest BCUT2D eigenvalue weighted by Crippen LogP contribution is 2.29. The van der Waals surface area contributed by atoms with E-state index in [4.69, 9.17) is 9.84 Å². The summed E-state index contributed by atoms with van der Waals surface area (Å²) in [5, 5.41) is 12.6. The third-order valence-electron chi connectivity index (χ3n) is 3.69. The summed E-state index contributed by atoms with van der Waals surface area (Å²) in [5.74, 6) is -1.23. The highest BCUT2D eigenvalue weighted by molar-refractivity contribution is 5.35. The van der Waals surface area contributed by atoms with Gasteiger partial charge in [-0.15, -0.1) is 5.10 Å². The number of aliphatic hydroxyl groups excluding tert-OH is 1. The molecule has 10 heteroatoms. The van der Waals surface area contributed by atoms with Crippen molar-refractivity contribution in [2.45, 2.75) is 38.5 Å². The van der Waals surface area contributed by atoms with Crippen molar-refractivity contribution < 1.29 is 23.0 Å². The maximum absolute atomic E-state index is 12.8. The Labute approximate surface area is 136 Å². The van der Waals surface area contributed by atoms with E-state index in [-0.39, 0.29) is 24.9 Å². The first-order chi connectivity index (χ1) is 11.4. The molecule has 0 spiro atoms. The minimum atomic E-state index is -4.64. The molecule has 2 heterocycles. The lowest BCUT2D eigenvalue weighted by atomic mass is 10.3. The quantitative estimate of drug-likeness (QED) is 0.820. The van der Waals surface area contributed by atoms with Crippen molar-refractivity contribution in [1.82, 2.24) is 24.5 Å². The summed E-state index contributed by atoms with van der Waals surface area (Å²) >= 11 is 0. The summed E-state index contributed by atoms with van der Waals surface area (Å²) < 4.78 is 44.8. The van der Waals surface area contributed by atoms with Crippen LogP contribution in [0.3, 0.4) is 0 Å². The van der Waals surface area contributed by atoms with E-state index in [1.165, 1.54) is 0 Å². The second-order valence-corrected chi connectivity index (χ2v) is 5.59. The van der Waals surface area contributed by atoms with Crippen LogP contribution in [0.4, 0.5) is 13.2 Å². The normalized spacial score (nSPS) is 15.4. The molecule has 0 unspecified atom stereocenters. The molecule has 132 valence electrons. The van der Waals surface area contributed by atoms with Crippen molar-refractivity contribution in [3.05, 3.63) is 17.6 Å². The summed E-state index contributed by atoms with van der Waals surface area (Å²) in [5.41, 5.74) is 0.535. The fourth-order valence-corrected chi connectivity index (χ4v) is 2.51. The Kier molecular flexibility index (Phi) is 4.59. The minimum Gasteiger partial charge on any atom is -0.478 e. The van der Waals surface area contributed by atoms with Gasteiger partial charge in [0.1, 0.15) is 0 Å². The van der Waals surface area contributed by atoms with Gasteiger partial charge in [0, 0.05) is 25.2 Å². The Hall–Kier alpha value is -1.94. The molecule has 0 radical (unpaired) electrons. The van der Waals surface area contributed by atoms with Crippen molar-refractivity contribution in [1.29, 1.82) is 0 Å². The lowest BCUT2D eigenvalue weighted by Gasteiger charge is -2.20. The molecule has 1 aliphatic carbocycles. The van der Waals surface area contributed by atoms with Crippen LogP contribution in [-0.4, -0.2) is 55.4 Å². The molecule has 1 fully saturated rings. The molecule has 1 N–H and O–H groups in total. The molecule has 1 saturated carbocycles. The van der Waals surface area contributed by atoms with E-state index < -0.39 is 12.0 Å². The maximum Gasteiger partial charge on any atom is 0.453 e. The lowest BCUT2D eigenvalue weighted by Crippen LogP contribution is -2.29. The van der Waals surface area contributed by atoms with E-state index in [0.717, 1.165) is 17.4 Å². The molecular weight excluding hydrogens is 327 g/mol. The monoisotopic (exact) mass is 345 g/mol. The SMILES string of the molecule is CCOc1cc(CN(CCO)C2CC2)nc2nc(C(F)(F)F)nn12. The van der Waals surface area contributed by atoms with Gasteiger partial charge in [-0.05, 0) is 19.8 Å². The van der Waals surface area contributed by atoms with E-state index in [0.29, 0.717) is 24.8 Å². The number of fused-ring (bicyclic) bond motifs is 1. The molecule has 7 nitrogen and oxygen atoms in total. The first-order valence-corrected chi connectivity index (χ1v) is 7.74. The van der Waals surface area contributed by atoms with Gasteiger partial charge < -0.3 is 9.84 Å². The van der Waals surface area contributed by atoms with Crippen LogP contribution in [0.25, 0.3) is 5.78 Å². The lowest BCUT2D eigenvalue weighted by molar-refractivity contribution is -0.144. The highest BCUT2D eigenvalue weighted by Gasteiger charge is 2.37. The van der Waals surface area contributed by atoms with Gasteiger partial charge >= 0.3 is 6.18 Å². The number of rotatable bonds is 7. The van der Waals surface area contributed by atoms with E-state index in [2.05, 4.69) is 20.0 Å². The molecule has 2 aromatic heterocycles. The van der Waals surface area contributed by atoms with Gasteiger partial charge in [0.05, 0.1) is 18.9 Å². The predicted octanol–water partition coefficient (Wildman–Crippen LogP) is 1.50. The number of aromatic nitrogens is 4. The molecule has 0 aliphatic heterocycles. The van der Waals surface area contributed by atoms with E-state index in [1.54, 1.807) is 13.0 Å². The first kappa shape index (κ1) is 16.9. The van der Waals surface area contributed by atoms with Crippen molar-refractivity contribution in [3.8, 4) is 5.88 Å². The number of hydrogen-bond acceptors (Lipinski definition) is 6. The summed E-state index contributed by atoms with van der Waals surface area (Å²) in [7, 11) is 0. The summed E-state index contributed by atoms with van der Waals surface area (Å²) in [6.45, 7) is 2.93. The minimum absolute atomic E-state index is 0.0141. The van der Waals surface area contributed by atoms with Crippen LogP contribution >= 0.6 is 0 Å². The maximum atomic E-state index is 12.8. The summed E-state index contributed by atoms with van der Waals surface area (Å²) in [6.07, 6.45) is -2.55. The summed E-state index contributed by atoms with van der Waals surface area (Å²) in [4.78, 5) is 9.69. The van der Waals surface area contributed by atoms with Crippen LogP contribution in [0.15, 0.2) is 6.07 Å². The van der Waals surface area contributed by atoms with Gasteiger partial charge in [-0.25, -0.2) is 4.98 Å². The standard InChI is InChI=1S/C14H18F3N5O2/c1-2-24-11-7-9(8-21(5-6-23)10-3-4-10)18-13-19-12(14(15,16)17)20-22(11)13/h7,10,23H,2-6,8H2,1H3. The number of nitrogens with zero attached hydrogens (tertiary/aromatic N) is 5. The Balaban J connectivity index is 1.96. The number of ether oxygens (including phenoxy) is 1. The zero-order valence-electron chi connectivity index (χ0n) is 13.1. The Morgan fingerprint density at radius 3 is 2.71 bits per heavy atom. The van der Waals surface area contributed by atoms with Crippen LogP contribution in [0.2, 0.25) is 0 Å². The van der Waals surface area contributed by atoms with Crippen LogP contribution in [0.5, 0.6) is 5.88 Å². The fraction of sp³-hybridized carbons (Fsp3) is 0.643. The van der Waals surface area contributed by atoms with Crippen LogP contribution in [-0.2, 0) is 12.7 Å². The average Bonchev–Trinajstić information content (AvgIpc) is 3.25. The second-order valence-electron chi connectivity index (χ2n) is 5.59. The average molecular weight is 345 g/mol. The van der Waals surface area contributed by atoms with Crippen molar-refractivity contribution in [3.63, 3.8) is 0 Å². The van der Waals surface area contributed by atoms with Crippen LogP contribution < -0.4 is 4.74 Å². The topological polar surface area (TPSA) is 75.8 Å². The number of alkyl halides is 3. The first-order valence-electron chi connectivity index (χ1n) is 7.74. The molecule has 0 saturated heterocycles. The van der Waals surface area contributed by atoms with E-state index in [9.17, 15) is 13.2 Å². The molecule has 24 heavy (non-hydrogen) atoms. The molecular formula is C14H18F3N5O2. The number of hydrogen-bond donors (Lipinski definition) is 1. The third-order valence-corrected chi connectivity index (χ3v) is 3.69. The van der Waals surface area contributed by atoms with Gasteiger partial charge in [-0.1, -0.05) is 0 Å². The predicted molar refractivity (Wildman–Crippen MR) is 77.5 cm³/mol. The fourth-order valence-electron chi connectivity index (χ4n) is 2.51. The number of halogens is 3. The summed E-state index contributed by atoms with van der Waals surface area (Å²) in [6, 6.07) is 1.95. The Morgan fingerprint density at radius 1 is 1.38 bits per heavy atom. The molecule has 0 aromatic carbocycles. The molecule has 0 amide bonds. The smallest absolute Gasteiger partial charge is 0.453 e. The second kappa shape index (κ2) is 6.52. The van der Waals surface area contributed by atoms with Gasteiger partial charge in [-0.2, -0.15) is 22.7 Å². The van der Waals surface area contributed by atoms with E-state index >= 15 is 0 Å². The van der Waals surface area contributed by atoms with Crippen molar-refractivity contribution in [2.75, 3.05) is 19.8 Å².